The van der Waals surface area contributed by atoms with E-state index in [1.807, 2.05) is 0 Å². The first kappa shape index (κ1) is 34.0. The van der Waals surface area contributed by atoms with Gasteiger partial charge in [0.15, 0.2) is 6.10 Å². The molecule has 35 heavy (non-hydrogen) atoms. The molecule has 0 saturated carbocycles. The molecule has 10 heteroatoms. The van der Waals surface area contributed by atoms with E-state index in [4.69, 9.17) is 18.5 Å². The predicted octanol–water partition coefficient (Wildman–Crippen LogP) is 5.10. The summed E-state index contributed by atoms with van der Waals surface area (Å²) in [5, 5.41) is 0. The molecule has 9 nitrogen and oxygen atoms in total. The molecule has 0 heterocycles. The van der Waals surface area contributed by atoms with Crippen molar-refractivity contribution in [1.29, 1.82) is 0 Å². The van der Waals surface area contributed by atoms with Crippen molar-refractivity contribution in [2.24, 2.45) is 0 Å². The van der Waals surface area contributed by atoms with Crippen LogP contribution >= 0.6 is 7.82 Å². The first-order chi connectivity index (χ1) is 16.8. The summed E-state index contributed by atoms with van der Waals surface area (Å²) in [7, 11) is -4.30. The molecule has 0 aromatic carbocycles. The van der Waals surface area contributed by atoms with Gasteiger partial charge in [0.2, 0.25) is 0 Å². The third kappa shape index (κ3) is 23.2. The number of esters is 2. The minimum Gasteiger partial charge on any atom is -0.462 e. The molecule has 0 aliphatic carbocycles. The summed E-state index contributed by atoms with van der Waals surface area (Å²) >= 11 is 0. The number of phosphoric ester groups is 1. The highest BCUT2D eigenvalue weighted by Gasteiger charge is 2.26. The Kier molecular flexibility index (Phi) is 22.7. The molecule has 0 aliphatic rings. The van der Waals surface area contributed by atoms with Crippen LogP contribution in [0.25, 0.3) is 0 Å². The van der Waals surface area contributed by atoms with E-state index in [1.54, 1.807) is 0 Å². The zero-order valence-electron chi connectivity index (χ0n) is 22.2. The summed E-state index contributed by atoms with van der Waals surface area (Å²) in [5.74, 6) is -0.825. The zero-order valence-corrected chi connectivity index (χ0v) is 23.1. The first-order valence-electron chi connectivity index (χ1n) is 13.6. The molecule has 0 aliphatic heterocycles. The van der Waals surface area contributed by atoms with Gasteiger partial charge >= 0.3 is 19.8 Å². The van der Waals surface area contributed by atoms with Crippen LogP contribution in [0.1, 0.15) is 117 Å². The maximum absolute atomic E-state index is 12.3. The van der Waals surface area contributed by atoms with Crippen molar-refractivity contribution in [2.75, 3.05) is 26.4 Å². The number of hydrogen-bond donors (Lipinski definition) is 2. The Bertz CT molecular complexity index is 576. The summed E-state index contributed by atoms with van der Waals surface area (Å²) in [6.45, 7) is 3.98. The molecule has 4 N–H and O–H groups in total. The number of quaternary nitrogens is 1. The average molecular weight is 525 g/mol. The van der Waals surface area contributed by atoms with Gasteiger partial charge in [-0.1, -0.05) is 90.9 Å². The van der Waals surface area contributed by atoms with E-state index in [0.29, 0.717) is 19.4 Å². The second-order valence-electron chi connectivity index (χ2n) is 8.99. The van der Waals surface area contributed by atoms with Gasteiger partial charge in [-0.2, -0.15) is 0 Å². The zero-order chi connectivity index (χ0) is 26.2. The SMILES string of the molecule is CCCCCCCCCC(=O)OC[C@H](COP(=O)(O)OCC[NH3+])OC(=O)CCCCCCCCC. The number of rotatable bonds is 25. The van der Waals surface area contributed by atoms with Gasteiger partial charge < -0.3 is 20.1 Å². The lowest BCUT2D eigenvalue weighted by Gasteiger charge is -2.19. The molecule has 0 rings (SSSR count). The fourth-order valence-corrected chi connectivity index (χ4v) is 4.26. The van der Waals surface area contributed by atoms with Gasteiger partial charge in [-0.05, 0) is 12.8 Å². The van der Waals surface area contributed by atoms with E-state index in [-0.39, 0.29) is 25.6 Å². The summed E-state index contributed by atoms with van der Waals surface area (Å²) in [6, 6.07) is 0. The van der Waals surface area contributed by atoms with E-state index in [2.05, 4.69) is 19.6 Å². The Morgan fingerprint density at radius 1 is 0.743 bits per heavy atom. The van der Waals surface area contributed by atoms with Crippen molar-refractivity contribution in [3.05, 3.63) is 0 Å². The molecule has 0 bridgehead atoms. The quantitative estimate of drug-likeness (QED) is 0.0956. The Morgan fingerprint density at radius 3 is 1.74 bits per heavy atom. The lowest BCUT2D eigenvalue weighted by Crippen LogP contribution is -2.52. The molecule has 1 unspecified atom stereocenters. The molecule has 0 radical (unpaired) electrons. The van der Waals surface area contributed by atoms with E-state index in [9.17, 15) is 19.0 Å². The fourth-order valence-electron chi connectivity index (χ4n) is 3.47. The highest BCUT2D eigenvalue weighted by Crippen LogP contribution is 2.43. The number of ether oxygens (including phenoxy) is 2. The Labute approximate surface area is 212 Å². The monoisotopic (exact) mass is 524 g/mol. The van der Waals surface area contributed by atoms with Gasteiger partial charge in [0, 0.05) is 12.8 Å². The molecule has 208 valence electrons. The van der Waals surface area contributed by atoms with Crippen molar-refractivity contribution in [3.8, 4) is 0 Å². The van der Waals surface area contributed by atoms with E-state index in [0.717, 1.165) is 38.5 Å². The summed E-state index contributed by atoms with van der Waals surface area (Å²) in [5.41, 5.74) is 3.54. The third-order valence-electron chi connectivity index (χ3n) is 5.52. The molecular weight excluding hydrogens is 473 g/mol. The standard InChI is InChI=1S/C25H50NO8P/c1-3-5-7-9-11-13-15-17-24(27)31-21-23(22-33-35(29,30)32-20-19-26)34-25(28)18-16-14-12-10-8-6-4-2/h23H,3-22,26H2,1-2H3,(H,29,30)/p+1/t23-/m1/s1. The Hall–Kier alpha value is -0.990. The van der Waals surface area contributed by atoms with Crippen LogP contribution in [-0.4, -0.2) is 49.3 Å². The number of carbonyl (C=O) groups excluding carboxylic acids is 2. The molecule has 2 atom stereocenters. The van der Waals surface area contributed by atoms with Gasteiger partial charge in [0.1, 0.15) is 13.2 Å². The Morgan fingerprint density at radius 2 is 1.23 bits per heavy atom. The van der Waals surface area contributed by atoms with Gasteiger partial charge in [0.25, 0.3) is 0 Å². The van der Waals surface area contributed by atoms with Crippen LogP contribution in [0.4, 0.5) is 0 Å². The minimum atomic E-state index is -4.30. The molecule has 0 fully saturated rings. The lowest BCUT2D eigenvalue weighted by atomic mass is 10.1. The summed E-state index contributed by atoms with van der Waals surface area (Å²) < 4.78 is 32.3. The number of unbranched alkanes of at least 4 members (excludes halogenated alkanes) is 12. The topological polar surface area (TPSA) is 136 Å². The van der Waals surface area contributed by atoms with Crippen LogP contribution in [0.15, 0.2) is 0 Å². The smallest absolute Gasteiger partial charge is 0.462 e. The molecule has 0 amide bonds. The lowest BCUT2D eigenvalue weighted by molar-refractivity contribution is -0.371. The molecule has 0 aromatic heterocycles. The molecule has 0 spiro atoms. The third-order valence-corrected chi connectivity index (χ3v) is 6.50. The number of hydrogen-bond acceptors (Lipinski definition) is 7. The second kappa shape index (κ2) is 23.4. The first-order valence-corrected chi connectivity index (χ1v) is 15.1. The van der Waals surface area contributed by atoms with E-state index < -0.39 is 26.5 Å². The highest BCUT2D eigenvalue weighted by molar-refractivity contribution is 7.47. The van der Waals surface area contributed by atoms with Crippen LogP contribution in [0.2, 0.25) is 0 Å². The average Bonchev–Trinajstić information content (AvgIpc) is 2.83. The van der Waals surface area contributed by atoms with E-state index >= 15 is 0 Å². The maximum atomic E-state index is 12.3. The van der Waals surface area contributed by atoms with Gasteiger partial charge in [-0.25, -0.2) is 4.57 Å². The van der Waals surface area contributed by atoms with Crippen LogP contribution in [0, 0.1) is 0 Å². The van der Waals surface area contributed by atoms with Crippen molar-refractivity contribution < 1.29 is 43.3 Å². The Balaban J connectivity index is 4.41. The normalized spacial score (nSPS) is 13.8. The van der Waals surface area contributed by atoms with Gasteiger partial charge in [-0.15, -0.1) is 0 Å². The largest absolute Gasteiger partial charge is 0.472 e. The van der Waals surface area contributed by atoms with Crippen molar-refractivity contribution >= 4 is 19.8 Å². The number of carbonyl (C=O) groups is 2. The predicted molar refractivity (Wildman–Crippen MR) is 136 cm³/mol. The summed E-state index contributed by atoms with van der Waals surface area (Å²) in [4.78, 5) is 34.1. The highest BCUT2D eigenvalue weighted by atomic mass is 31.2. The van der Waals surface area contributed by atoms with Crippen LogP contribution in [0.5, 0.6) is 0 Å². The fraction of sp³-hybridized carbons (Fsp3) is 0.920. The van der Waals surface area contributed by atoms with E-state index in [1.165, 1.54) is 44.9 Å². The molecular formula is C25H51NO8P+. The van der Waals surface area contributed by atoms with Gasteiger partial charge in [0.05, 0.1) is 13.2 Å². The number of phosphoric acid groups is 1. The van der Waals surface area contributed by atoms with Gasteiger partial charge in [-0.3, -0.25) is 18.6 Å². The second-order valence-corrected chi connectivity index (χ2v) is 10.4. The maximum Gasteiger partial charge on any atom is 0.472 e. The van der Waals surface area contributed by atoms with Crippen LogP contribution in [0.3, 0.4) is 0 Å². The van der Waals surface area contributed by atoms with Crippen molar-refractivity contribution in [1.82, 2.24) is 0 Å². The van der Waals surface area contributed by atoms with Crippen molar-refractivity contribution in [2.45, 2.75) is 123 Å². The summed E-state index contributed by atoms with van der Waals surface area (Å²) in [6.07, 6.45) is 14.7. The molecule has 0 aromatic rings. The van der Waals surface area contributed by atoms with Crippen molar-refractivity contribution in [3.63, 3.8) is 0 Å². The minimum absolute atomic E-state index is 0.0378. The van der Waals surface area contributed by atoms with Crippen LogP contribution in [-0.2, 0) is 32.7 Å². The van der Waals surface area contributed by atoms with Crippen LogP contribution < -0.4 is 5.73 Å². The molecule has 0 saturated heterocycles.